The molecule has 1 heteroatoms. The van der Waals surface area contributed by atoms with E-state index in [1.165, 1.54) is 0 Å². The standard InChI is InChI=1S/C29H17Cl/c30-27-17-16-26-28-21(11-7-12-22(27)28)20-10-3-6-15-25(20)29(26)23-13-4-1-8-18(23)19-9-2-5-14-24(19)29/h1-17H/i7D,11D,12D,16D,17D. The van der Waals surface area contributed by atoms with Crippen LogP contribution in [0.25, 0.3) is 33.0 Å². The summed E-state index contributed by atoms with van der Waals surface area (Å²) in [7, 11) is 0. The van der Waals surface area contributed by atoms with Gasteiger partial charge in [0.05, 0.1) is 12.3 Å². The van der Waals surface area contributed by atoms with E-state index in [-0.39, 0.29) is 40.6 Å². The third kappa shape index (κ3) is 1.75. The second kappa shape index (κ2) is 5.62. The maximum atomic E-state index is 9.22. The Hall–Kier alpha value is -3.35. The molecule has 0 unspecified atom stereocenters. The van der Waals surface area contributed by atoms with Crippen LogP contribution in [0.2, 0.25) is 5.02 Å². The van der Waals surface area contributed by atoms with E-state index in [2.05, 4.69) is 24.3 Å². The summed E-state index contributed by atoms with van der Waals surface area (Å²) in [5.41, 5.74) is 6.00. The van der Waals surface area contributed by atoms with Gasteiger partial charge < -0.3 is 0 Å². The van der Waals surface area contributed by atoms with E-state index in [9.17, 15) is 1.37 Å². The molecule has 0 aliphatic heterocycles. The highest BCUT2D eigenvalue weighted by atomic mass is 35.5. The van der Waals surface area contributed by atoms with Crippen molar-refractivity contribution in [2.75, 3.05) is 0 Å². The molecule has 7 rings (SSSR count). The minimum Gasteiger partial charge on any atom is -0.0837 e. The Morgan fingerprint density at radius 1 is 0.567 bits per heavy atom. The lowest BCUT2D eigenvalue weighted by atomic mass is 9.61. The van der Waals surface area contributed by atoms with Crippen LogP contribution < -0.4 is 0 Å². The number of hydrogen-bond acceptors (Lipinski definition) is 0. The number of rotatable bonds is 0. The molecular formula is C29H17Cl. The van der Waals surface area contributed by atoms with E-state index in [1.807, 2.05) is 48.5 Å². The molecule has 0 bridgehead atoms. The van der Waals surface area contributed by atoms with Gasteiger partial charge >= 0.3 is 0 Å². The molecule has 0 N–H and O–H groups in total. The van der Waals surface area contributed by atoms with E-state index in [0.717, 1.165) is 33.4 Å². The van der Waals surface area contributed by atoms with Crippen molar-refractivity contribution in [3.8, 4) is 22.3 Å². The molecular weight excluding hydrogens is 384 g/mol. The molecule has 30 heavy (non-hydrogen) atoms. The summed E-state index contributed by atoms with van der Waals surface area (Å²) >= 11 is 6.64. The Morgan fingerprint density at radius 3 is 1.70 bits per heavy atom. The topological polar surface area (TPSA) is 0 Å². The Bertz CT molecular complexity index is 1720. The van der Waals surface area contributed by atoms with E-state index in [1.54, 1.807) is 0 Å². The summed E-state index contributed by atoms with van der Waals surface area (Å²) in [5.74, 6) is 0. The lowest BCUT2D eigenvalue weighted by Gasteiger charge is -2.40. The molecule has 0 fully saturated rings. The van der Waals surface area contributed by atoms with E-state index < -0.39 is 5.41 Å². The van der Waals surface area contributed by atoms with Gasteiger partial charge in [0.25, 0.3) is 0 Å². The van der Waals surface area contributed by atoms with Gasteiger partial charge in [-0.2, -0.15) is 0 Å². The van der Waals surface area contributed by atoms with Gasteiger partial charge in [0.15, 0.2) is 0 Å². The number of benzene rings is 5. The SMILES string of the molecule is [2H]c1c([2H])c2c3c(c([2H])c([2H])c(Cl)c3c1[2H])C1(c3ccccc3-c3ccccc31)c1ccccc1-2. The number of halogens is 1. The molecule has 0 amide bonds. The Morgan fingerprint density at radius 2 is 1.10 bits per heavy atom. The summed E-state index contributed by atoms with van der Waals surface area (Å²) in [6.07, 6.45) is 0. The number of hydrogen-bond donors (Lipinski definition) is 0. The summed E-state index contributed by atoms with van der Waals surface area (Å²) < 4.78 is 44.1. The third-order valence-electron chi connectivity index (χ3n) is 6.57. The zero-order valence-corrected chi connectivity index (χ0v) is 16.6. The molecule has 0 nitrogen and oxygen atoms in total. The largest absolute Gasteiger partial charge is 0.0837 e. The Labute approximate surface area is 187 Å². The monoisotopic (exact) mass is 405 g/mol. The fourth-order valence-corrected chi connectivity index (χ4v) is 5.69. The van der Waals surface area contributed by atoms with E-state index >= 15 is 0 Å². The first kappa shape index (κ1) is 12.4. The van der Waals surface area contributed by atoms with Gasteiger partial charge in [-0.15, -0.1) is 0 Å². The van der Waals surface area contributed by atoms with Crippen LogP contribution in [0.3, 0.4) is 0 Å². The van der Waals surface area contributed by atoms with E-state index in [0.29, 0.717) is 16.5 Å². The van der Waals surface area contributed by atoms with Gasteiger partial charge in [0.2, 0.25) is 0 Å². The fraction of sp³-hybridized carbons (Fsp3) is 0.0345. The summed E-state index contributed by atoms with van der Waals surface area (Å²) in [5, 5.41) is 0.796. The van der Waals surface area contributed by atoms with Crippen molar-refractivity contribution in [1.29, 1.82) is 0 Å². The van der Waals surface area contributed by atoms with Crippen LogP contribution in [-0.4, -0.2) is 0 Å². The van der Waals surface area contributed by atoms with Crippen molar-refractivity contribution in [1.82, 2.24) is 0 Å². The zero-order valence-electron chi connectivity index (χ0n) is 20.8. The molecule has 0 aromatic heterocycles. The van der Waals surface area contributed by atoms with Gasteiger partial charge in [-0.1, -0.05) is 109 Å². The zero-order chi connectivity index (χ0) is 24.2. The summed E-state index contributed by atoms with van der Waals surface area (Å²) in [6, 6.07) is 23.5. The van der Waals surface area contributed by atoms with Crippen LogP contribution in [0.5, 0.6) is 0 Å². The van der Waals surface area contributed by atoms with Crippen LogP contribution in [-0.2, 0) is 5.41 Å². The smallest absolute Gasteiger partial charge is 0.0725 e. The summed E-state index contributed by atoms with van der Waals surface area (Å²) in [6.45, 7) is 0. The van der Waals surface area contributed by atoms with Crippen molar-refractivity contribution in [2.24, 2.45) is 0 Å². The molecule has 2 aliphatic rings. The van der Waals surface area contributed by atoms with Crippen LogP contribution in [0.15, 0.2) is 103 Å². The van der Waals surface area contributed by atoms with Crippen molar-refractivity contribution < 1.29 is 6.85 Å². The molecule has 1 spiro atoms. The van der Waals surface area contributed by atoms with Gasteiger partial charge in [-0.05, 0) is 55.9 Å². The first-order valence-electron chi connectivity index (χ1n) is 12.4. The molecule has 0 atom stereocenters. The Balaban J connectivity index is 1.87. The first-order chi connectivity index (χ1) is 16.9. The van der Waals surface area contributed by atoms with Crippen LogP contribution in [0.1, 0.15) is 29.1 Å². The highest BCUT2D eigenvalue weighted by Gasteiger charge is 2.49. The molecule has 0 saturated carbocycles. The average molecular weight is 406 g/mol. The lowest BCUT2D eigenvalue weighted by molar-refractivity contribution is 0.773. The molecule has 5 aromatic carbocycles. The number of fused-ring (bicyclic) bond motifs is 9. The van der Waals surface area contributed by atoms with Crippen molar-refractivity contribution in [3.05, 3.63) is 130 Å². The third-order valence-corrected chi connectivity index (χ3v) is 6.85. The maximum absolute atomic E-state index is 9.22. The van der Waals surface area contributed by atoms with Crippen LogP contribution in [0, 0.1) is 0 Å². The normalized spacial score (nSPS) is 16.8. The van der Waals surface area contributed by atoms with Crippen LogP contribution >= 0.6 is 11.6 Å². The fourth-order valence-electron chi connectivity index (χ4n) is 5.50. The highest BCUT2D eigenvalue weighted by Crippen LogP contribution is 2.61. The first-order valence-corrected chi connectivity index (χ1v) is 10.3. The van der Waals surface area contributed by atoms with Crippen molar-refractivity contribution in [3.63, 3.8) is 0 Å². The predicted molar refractivity (Wildman–Crippen MR) is 125 cm³/mol. The molecule has 5 aromatic rings. The van der Waals surface area contributed by atoms with Gasteiger partial charge in [0, 0.05) is 10.4 Å². The molecule has 0 radical (unpaired) electrons. The van der Waals surface area contributed by atoms with Gasteiger partial charge in [0.1, 0.15) is 0 Å². The second-order valence-electron chi connectivity index (χ2n) is 7.83. The van der Waals surface area contributed by atoms with Gasteiger partial charge in [-0.3, -0.25) is 0 Å². The quantitative estimate of drug-likeness (QED) is 0.241. The molecule has 0 heterocycles. The average Bonchev–Trinajstić information content (AvgIpc) is 3.17. The minimum atomic E-state index is -0.908. The molecule has 2 aliphatic carbocycles. The van der Waals surface area contributed by atoms with E-state index in [4.69, 9.17) is 17.1 Å². The predicted octanol–water partition coefficient (Wildman–Crippen LogP) is 7.84. The Kier molecular flexibility index (Phi) is 2.32. The van der Waals surface area contributed by atoms with Crippen molar-refractivity contribution in [2.45, 2.75) is 5.41 Å². The second-order valence-corrected chi connectivity index (χ2v) is 8.20. The lowest BCUT2D eigenvalue weighted by Crippen LogP contribution is -2.31. The highest BCUT2D eigenvalue weighted by molar-refractivity contribution is 6.36. The van der Waals surface area contributed by atoms with Crippen LogP contribution in [0.4, 0.5) is 0 Å². The maximum Gasteiger partial charge on any atom is 0.0725 e. The van der Waals surface area contributed by atoms with Gasteiger partial charge in [-0.25, -0.2) is 0 Å². The minimum absolute atomic E-state index is 0.0115. The molecule has 140 valence electrons. The van der Waals surface area contributed by atoms with Crippen molar-refractivity contribution >= 4 is 22.4 Å². The summed E-state index contributed by atoms with van der Waals surface area (Å²) in [4.78, 5) is 0. The molecule has 0 saturated heterocycles.